The number of sulfonamides is 1. The molecule has 212 valence electrons. The Hall–Kier alpha value is -4.59. The monoisotopic (exact) mass is 587 g/mol. The van der Waals surface area contributed by atoms with Crippen molar-refractivity contribution in [3.05, 3.63) is 95.7 Å². The molecular weight excluding hydrogens is 566 g/mol. The zero-order valence-electron chi connectivity index (χ0n) is 21.1. The molecule has 1 aliphatic rings. The topological polar surface area (TPSA) is 113 Å². The number of fused-ring (bicyclic) bond motifs is 1. The number of alkyl halides is 3. The Bertz CT molecular complexity index is 1750. The maximum Gasteiger partial charge on any atom is 0.418 e. The van der Waals surface area contributed by atoms with E-state index in [0.717, 1.165) is 24.4 Å². The highest BCUT2D eigenvalue weighted by Crippen LogP contribution is 2.37. The number of piperazine rings is 1. The van der Waals surface area contributed by atoms with Crippen LogP contribution in [-0.4, -0.2) is 66.2 Å². The second kappa shape index (κ2) is 10.8. The number of carbonyl (C=O) groups is 2. The van der Waals surface area contributed by atoms with Gasteiger partial charge in [-0.2, -0.15) is 13.2 Å². The normalized spacial score (nSPS) is 14.2. The summed E-state index contributed by atoms with van der Waals surface area (Å²) in [4.78, 5) is 35.8. The molecule has 1 fully saturated rings. The van der Waals surface area contributed by atoms with Crippen LogP contribution in [0.15, 0.2) is 78.1 Å². The van der Waals surface area contributed by atoms with Crippen molar-refractivity contribution in [3.63, 3.8) is 0 Å². The van der Waals surface area contributed by atoms with E-state index in [9.17, 15) is 35.6 Å². The van der Waals surface area contributed by atoms with Gasteiger partial charge in [0.1, 0.15) is 10.7 Å². The minimum absolute atomic E-state index is 0.0249. The summed E-state index contributed by atoms with van der Waals surface area (Å²) in [5.41, 5.74) is -2.26. The Balaban J connectivity index is 1.35. The van der Waals surface area contributed by atoms with E-state index in [1.54, 1.807) is 18.2 Å². The molecule has 1 aliphatic heterocycles. The van der Waals surface area contributed by atoms with Crippen LogP contribution in [0.4, 0.5) is 23.2 Å². The zero-order valence-corrected chi connectivity index (χ0v) is 21.9. The number of pyridine rings is 2. The number of benzene rings is 2. The number of rotatable bonds is 5. The molecule has 0 bridgehead atoms. The van der Waals surface area contributed by atoms with Crippen molar-refractivity contribution in [2.75, 3.05) is 30.9 Å². The molecule has 1 saturated heterocycles. The molecule has 0 radical (unpaired) electrons. The van der Waals surface area contributed by atoms with Crippen molar-refractivity contribution in [1.82, 2.24) is 19.8 Å². The highest BCUT2D eigenvalue weighted by atomic mass is 32.2. The van der Waals surface area contributed by atoms with Crippen molar-refractivity contribution in [3.8, 4) is 0 Å². The minimum atomic E-state index is -4.99. The summed E-state index contributed by atoms with van der Waals surface area (Å²) in [5.74, 6) is -1.88. The van der Waals surface area contributed by atoms with E-state index in [1.807, 2.05) is 4.72 Å². The molecule has 9 nitrogen and oxygen atoms in total. The van der Waals surface area contributed by atoms with Gasteiger partial charge in [-0.15, -0.1) is 0 Å². The van der Waals surface area contributed by atoms with E-state index in [1.165, 1.54) is 34.3 Å². The molecule has 1 N–H and O–H groups in total. The fraction of sp³-hybridized carbons (Fsp3) is 0.185. The van der Waals surface area contributed by atoms with Crippen LogP contribution in [0.5, 0.6) is 0 Å². The second-order valence-corrected chi connectivity index (χ2v) is 10.8. The third-order valence-corrected chi connectivity index (χ3v) is 7.90. The van der Waals surface area contributed by atoms with E-state index < -0.39 is 45.1 Å². The minimum Gasteiger partial charge on any atom is -0.335 e. The van der Waals surface area contributed by atoms with Crippen molar-refractivity contribution < 1.29 is 35.6 Å². The first-order valence-corrected chi connectivity index (χ1v) is 13.7. The summed E-state index contributed by atoms with van der Waals surface area (Å²) in [5, 5.41) is 0.488. The average molecular weight is 588 g/mol. The molecule has 2 amide bonds. The summed E-state index contributed by atoms with van der Waals surface area (Å²) < 4.78 is 83.8. The van der Waals surface area contributed by atoms with Gasteiger partial charge < -0.3 is 9.80 Å². The molecule has 3 heterocycles. The van der Waals surface area contributed by atoms with Crippen molar-refractivity contribution >= 4 is 38.4 Å². The summed E-state index contributed by atoms with van der Waals surface area (Å²) in [6.07, 6.45) is -1.44. The van der Waals surface area contributed by atoms with Gasteiger partial charge in [0.2, 0.25) is 0 Å². The van der Waals surface area contributed by atoms with Crippen LogP contribution in [-0.2, 0) is 16.2 Å². The van der Waals surface area contributed by atoms with Crippen LogP contribution in [0.1, 0.15) is 26.3 Å². The van der Waals surface area contributed by atoms with E-state index in [0.29, 0.717) is 11.5 Å². The fourth-order valence-corrected chi connectivity index (χ4v) is 5.76. The smallest absolute Gasteiger partial charge is 0.335 e. The molecule has 0 aliphatic carbocycles. The number of hydrogen-bond acceptors (Lipinski definition) is 6. The number of para-hydroxylation sites is 1. The molecule has 0 spiro atoms. The first-order chi connectivity index (χ1) is 19.4. The lowest BCUT2D eigenvalue weighted by atomic mass is 10.1. The molecule has 5 rings (SSSR count). The highest BCUT2D eigenvalue weighted by molar-refractivity contribution is 7.93. The maximum atomic E-state index is 14.0. The van der Waals surface area contributed by atoms with Crippen LogP contribution in [0.3, 0.4) is 0 Å². The van der Waals surface area contributed by atoms with Crippen LogP contribution < -0.4 is 4.72 Å². The van der Waals surface area contributed by atoms with Gasteiger partial charge in [0, 0.05) is 49.5 Å². The number of nitrogens with one attached hydrogen (secondary N) is 1. The van der Waals surface area contributed by atoms with Crippen molar-refractivity contribution in [2.24, 2.45) is 0 Å². The lowest BCUT2D eigenvalue weighted by molar-refractivity contribution is -0.136. The van der Waals surface area contributed by atoms with Gasteiger partial charge in [0.15, 0.2) is 0 Å². The first-order valence-electron chi connectivity index (χ1n) is 12.2. The largest absolute Gasteiger partial charge is 0.418 e. The van der Waals surface area contributed by atoms with Gasteiger partial charge in [0.05, 0.1) is 28.5 Å². The van der Waals surface area contributed by atoms with Gasteiger partial charge in [-0.1, -0.05) is 18.2 Å². The second-order valence-electron chi connectivity index (χ2n) is 9.17. The number of carbonyl (C=O) groups excluding carboxylic acids is 2. The number of anilines is 1. The molecule has 2 aromatic heterocycles. The summed E-state index contributed by atoms with van der Waals surface area (Å²) in [6, 6.07) is 11.2. The van der Waals surface area contributed by atoms with Crippen LogP contribution in [0.2, 0.25) is 0 Å². The molecule has 41 heavy (non-hydrogen) atoms. The van der Waals surface area contributed by atoms with Crippen LogP contribution >= 0.6 is 0 Å². The van der Waals surface area contributed by atoms with Crippen molar-refractivity contribution in [1.29, 1.82) is 0 Å². The first kappa shape index (κ1) is 28.0. The van der Waals surface area contributed by atoms with E-state index in [2.05, 4.69) is 9.97 Å². The number of nitrogens with zero attached hydrogens (tertiary/aromatic N) is 4. The van der Waals surface area contributed by atoms with Gasteiger partial charge in [-0.25, -0.2) is 12.8 Å². The van der Waals surface area contributed by atoms with Gasteiger partial charge in [-0.3, -0.25) is 24.3 Å². The number of amides is 2. The third-order valence-electron chi connectivity index (χ3n) is 6.51. The molecule has 0 atom stereocenters. The summed E-state index contributed by atoms with van der Waals surface area (Å²) in [7, 11) is -4.49. The Morgan fingerprint density at radius 1 is 0.854 bits per heavy atom. The predicted molar refractivity (Wildman–Crippen MR) is 140 cm³/mol. The molecule has 14 heteroatoms. The maximum absolute atomic E-state index is 14.0. The summed E-state index contributed by atoms with van der Waals surface area (Å²) >= 11 is 0. The molecular formula is C27H21F4N5O4S. The van der Waals surface area contributed by atoms with Gasteiger partial charge in [-0.05, 0) is 36.4 Å². The van der Waals surface area contributed by atoms with Crippen LogP contribution in [0.25, 0.3) is 10.9 Å². The van der Waals surface area contributed by atoms with E-state index in [4.69, 9.17) is 0 Å². The Morgan fingerprint density at radius 3 is 2.17 bits per heavy atom. The Labute approximate surface area is 231 Å². The number of hydrogen-bond donors (Lipinski definition) is 1. The third kappa shape index (κ3) is 5.82. The predicted octanol–water partition coefficient (Wildman–Crippen LogP) is 4.19. The van der Waals surface area contributed by atoms with Crippen LogP contribution in [0, 0.1) is 5.82 Å². The molecule has 0 saturated carbocycles. The van der Waals surface area contributed by atoms with E-state index in [-0.39, 0.29) is 47.7 Å². The number of aromatic nitrogens is 2. The Morgan fingerprint density at radius 2 is 1.51 bits per heavy atom. The van der Waals surface area contributed by atoms with Gasteiger partial charge in [0.25, 0.3) is 21.8 Å². The van der Waals surface area contributed by atoms with E-state index >= 15 is 0 Å². The SMILES string of the molecule is O=C(c1cncc(F)c1)N1CCN(C(=O)c2ccc(NS(=O)(=O)c3cccc4cccnc34)c(C(F)(F)F)c2)CC1. The Kier molecular flexibility index (Phi) is 7.34. The molecule has 4 aromatic rings. The quantitative estimate of drug-likeness (QED) is 0.351. The average Bonchev–Trinajstić information content (AvgIpc) is 2.95. The molecule has 2 aromatic carbocycles. The fourth-order valence-electron chi connectivity index (χ4n) is 4.50. The summed E-state index contributed by atoms with van der Waals surface area (Å²) in [6.45, 7) is 0.197. The van der Waals surface area contributed by atoms with Gasteiger partial charge >= 0.3 is 6.18 Å². The highest BCUT2D eigenvalue weighted by Gasteiger charge is 2.36. The molecule has 0 unspecified atom stereocenters. The lowest BCUT2D eigenvalue weighted by Gasteiger charge is -2.35. The lowest BCUT2D eigenvalue weighted by Crippen LogP contribution is -2.50. The zero-order chi connectivity index (χ0) is 29.4. The number of halogens is 4. The van der Waals surface area contributed by atoms with Crippen molar-refractivity contribution in [2.45, 2.75) is 11.1 Å². The standard InChI is InChI=1S/C27H21F4N5O4S/c28-20-13-19(15-32-16-20)26(38)36-11-9-35(10-12-36)25(37)18-6-7-22(21(14-18)27(29,30)31)34-41(39,40)23-5-1-3-17-4-2-8-33-24(17)23/h1-8,13-16,34H,9-12H2.